The molecule has 2 rings (SSSR count). The van der Waals surface area contributed by atoms with E-state index in [4.69, 9.17) is 0 Å². The molecule has 1 saturated heterocycles. The number of carbonyl (C=O) groups is 1. The summed E-state index contributed by atoms with van der Waals surface area (Å²) >= 11 is 0. The molecule has 1 atom stereocenters. The van der Waals surface area contributed by atoms with Gasteiger partial charge in [0, 0.05) is 18.9 Å². The van der Waals surface area contributed by atoms with Crippen LogP contribution in [0.15, 0.2) is 12.1 Å². The second-order valence-electron chi connectivity index (χ2n) is 4.81. The number of nitrogens with zero attached hydrogens (tertiary/aromatic N) is 1. The molecule has 0 radical (unpaired) electrons. The van der Waals surface area contributed by atoms with Crippen LogP contribution in [0.2, 0.25) is 0 Å². The molecule has 1 aliphatic rings. The highest BCUT2D eigenvalue weighted by molar-refractivity contribution is 7.86. The highest BCUT2D eigenvalue weighted by Gasteiger charge is 2.36. The monoisotopic (exact) mass is 307 g/mol. The third kappa shape index (κ3) is 2.95. The van der Waals surface area contributed by atoms with Gasteiger partial charge in [-0.2, -0.15) is 8.42 Å². The van der Waals surface area contributed by atoms with E-state index in [-0.39, 0.29) is 18.5 Å². The van der Waals surface area contributed by atoms with Crippen LogP contribution in [0.3, 0.4) is 0 Å². The lowest BCUT2D eigenvalue weighted by molar-refractivity contribution is -0.117. The zero-order chi connectivity index (χ0) is 15.1. The van der Waals surface area contributed by atoms with Crippen molar-refractivity contribution in [1.29, 1.82) is 0 Å². The maximum atomic E-state index is 13.9. The maximum absolute atomic E-state index is 13.9. The average Bonchev–Trinajstić information content (AvgIpc) is 2.63. The number of carbonyl (C=O) groups excluding carboxylic acids is 1. The Morgan fingerprint density at radius 1 is 1.35 bits per heavy atom. The van der Waals surface area contributed by atoms with Crippen molar-refractivity contribution in [2.24, 2.45) is 5.92 Å². The summed E-state index contributed by atoms with van der Waals surface area (Å²) in [4.78, 5) is 12.6. The smallest absolute Gasteiger partial charge is 0.302 e. The van der Waals surface area contributed by atoms with Crippen LogP contribution < -0.4 is 4.90 Å². The van der Waals surface area contributed by atoms with Gasteiger partial charge < -0.3 is 4.90 Å². The number of amides is 1. The number of benzene rings is 1. The summed E-state index contributed by atoms with van der Waals surface area (Å²) in [6.07, 6.45) is -0.254. The van der Waals surface area contributed by atoms with Crippen LogP contribution in [0.5, 0.6) is 0 Å². The van der Waals surface area contributed by atoms with Crippen LogP contribution in [0.1, 0.15) is 12.0 Å². The fourth-order valence-electron chi connectivity index (χ4n) is 2.28. The van der Waals surface area contributed by atoms with Gasteiger partial charge >= 0.3 is 10.2 Å². The zero-order valence-corrected chi connectivity index (χ0v) is 11.4. The highest BCUT2D eigenvalue weighted by Crippen LogP contribution is 2.31. The summed E-state index contributed by atoms with van der Waals surface area (Å²) in [5, 5.41) is 0. The Balaban J connectivity index is 2.31. The van der Waals surface area contributed by atoms with E-state index in [2.05, 4.69) is 0 Å². The second kappa shape index (κ2) is 5.08. The molecule has 0 bridgehead atoms. The second-order valence-corrected chi connectivity index (χ2v) is 6.22. The molecule has 1 unspecified atom stereocenters. The summed E-state index contributed by atoms with van der Waals surface area (Å²) < 4.78 is 61.4. The van der Waals surface area contributed by atoms with Gasteiger partial charge in [-0.15, -0.1) is 3.89 Å². The van der Waals surface area contributed by atoms with E-state index in [0.717, 1.165) is 11.0 Å². The topological polar surface area (TPSA) is 54.5 Å². The number of rotatable bonds is 3. The molecule has 4 nitrogen and oxygen atoms in total. The Bertz CT molecular complexity index is 660. The van der Waals surface area contributed by atoms with Gasteiger partial charge in [0.05, 0.1) is 5.75 Å². The van der Waals surface area contributed by atoms with E-state index in [1.165, 1.54) is 13.0 Å². The molecule has 1 aliphatic heterocycles. The van der Waals surface area contributed by atoms with Crippen LogP contribution in [0.25, 0.3) is 0 Å². The number of halogens is 3. The van der Waals surface area contributed by atoms with Crippen molar-refractivity contribution < 1.29 is 25.9 Å². The number of aryl methyl sites for hydroxylation is 1. The van der Waals surface area contributed by atoms with Gasteiger partial charge in [0.15, 0.2) is 5.82 Å². The Hall–Kier alpha value is -1.57. The lowest BCUT2D eigenvalue weighted by Crippen LogP contribution is -2.27. The van der Waals surface area contributed by atoms with Gasteiger partial charge in [-0.1, -0.05) is 6.07 Å². The van der Waals surface area contributed by atoms with E-state index in [9.17, 15) is 25.9 Å². The average molecular weight is 307 g/mol. The SMILES string of the molecule is Cc1ccc(F)c(N2CC(CS(=O)(=O)F)CC2=O)c1F. The Morgan fingerprint density at radius 3 is 2.60 bits per heavy atom. The first-order valence-electron chi connectivity index (χ1n) is 5.86. The van der Waals surface area contributed by atoms with Gasteiger partial charge in [0.25, 0.3) is 0 Å². The molecule has 1 aromatic rings. The number of hydrogen-bond acceptors (Lipinski definition) is 3. The van der Waals surface area contributed by atoms with Crippen molar-refractivity contribution >= 4 is 21.8 Å². The summed E-state index contributed by atoms with van der Waals surface area (Å²) in [6.45, 7) is 1.20. The molecule has 1 fully saturated rings. The fraction of sp³-hybridized carbons (Fsp3) is 0.417. The molecule has 0 aliphatic carbocycles. The molecule has 0 N–H and O–H groups in total. The molecular formula is C12H12F3NO3S. The molecule has 0 aromatic heterocycles. The number of anilines is 1. The van der Waals surface area contributed by atoms with Crippen molar-refractivity contribution in [3.63, 3.8) is 0 Å². The third-order valence-corrected chi connectivity index (χ3v) is 4.04. The molecule has 1 amide bonds. The quantitative estimate of drug-likeness (QED) is 0.802. The van der Waals surface area contributed by atoms with E-state index >= 15 is 0 Å². The maximum Gasteiger partial charge on any atom is 0.302 e. The molecule has 1 heterocycles. The van der Waals surface area contributed by atoms with E-state index in [1.54, 1.807) is 0 Å². The lowest BCUT2D eigenvalue weighted by Gasteiger charge is -2.19. The largest absolute Gasteiger partial charge is 0.307 e. The first kappa shape index (κ1) is 14.8. The van der Waals surface area contributed by atoms with Crippen molar-refractivity contribution in [3.8, 4) is 0 Å². The van der Waals surface area contributed by atoms with Crippen LogP contribution in [0.4, 0.5) is 18.4 Å². The Labute approximate surface area is 114 Å². The molecule has 0 saturated carbocycles. The van der Waals surface area contributed by atoms with Gasteiger partial charge in [-0.25, -0.2) is 8.78 Å². The van der Waals surface area contributed by atoms with Crippen molar-refractivity contribution in [3.05, 3.63) is 29.3 Å². The number of hydrogen-bond donors (Lipinski definition) is 0. The molecule has 1 aromatic carbocycles. The molecular weight excluding hydrogens is 295 g/mol. The molecule has 110 valence electrons. The summed E-state index contributed by atoms with van der Waals surface area (Å²) in [7, 11) is -4.73. The molecule has 0 spiro atoms. The minimum atomic E-state index is -4.73. The van der Waals surface area contributed by atoms with Crippen LogP contribution >= 0.6 is 0 Å². The summed E-state index contributed by atoms with van der Waals surface area (Å²) in [6, 6.07) is 2.26. The van der Waals surface area contributed by atoms with Crippen molar-refractivity contribution in [2.45, 2.75) is 13.3 Å². The Morgan fingerprint density at radius 2 is 2.00 bits per heavy atom. The Kier molecular flexibility index (Phi) is 3.77. The summed E-state index contributed by atoms with van der Waals surface area (Å²) in [5.74, 6) is -4.05. The first-order valence-corrected chi connectivity index (χ1v) is 7.41. The third-order valence-electron chi connectivity index (χ3n) is 3.17. The molecule has 8 heteroatoms. The van der Waals surface area contributed by atoms with Crippen molar-refractivity contribution in [2.75, 3.05) is 17.2 Å². The van der Waals surface area contributed by atoms with Gasteiger partial charge in [0.2, 0.25) is 5.91 Å². The lowest BCUT2D eigenvalue weighted by atomic mass is 10.1. The van der Waals surface area contributed by atoms with Crippen LogP contribution in [0, 0.1) is 24.5 Å². The standard InChI is InChI=1S/C12H12F3NO3S/c1-7-2-3-9(13)12(11(7)14)16-5-8(4-10(16)17)6-20(15,18)19/h2-3,8H,4-6H2,1H3. The van der Waals surface area contributed by atoms with Gasteiger partial charge in [0.1, 0.15) is 11.5 Å². The highest BCUT2D eigenvalue weighted by atomic mass is 32.3. The summed E-state index contributed by atoms with van der Waals surface area (Å²) in [5.41, 5.74) is -0.343. The van der Waals surface area contributed by atoms with E-state index in [0.29, 0.717) is 0 Å². The van der Waals surface area contributed by atoms with Crippen LogP contribution in [-0.4, -0.2) is 26.6 Å². The predicted molar refractivity (Wildman–Crippen MR) is 66.4 cm³/mol. The van der Waals surface area contributed by atoms with Crippen molar-refractivity contribution in [1.82, 2.24) is 0 Å². The van der Waals surface area contributed by atoms with Gasteiger partial charge in [-0.3, -0.25) is 4.79 Å². The molecule has 20 heavy (non-hydrogen) atoms. The minimum absolute atomic E-state index is 0.163. The minimum Gasteiger partial charge on any atom is -0.307 e. The van der Waals surface area contributed by atoms with Gasteiger partial charge in [-0.05, 0) is 18.6 Å². The predicted octanol–water partition coefficient (Wildman–Crippen LogP) is 1.93. The fourth-order valence-corrected chi connectivity index (χ4v) is 3.07. The van der Waals surface area contributed by atoms with Crippen LogP contribution in [-0.2, 0) is 15.0 Å². The zero-order valence-electron chi connectivity index (χ0n) is 10.6. The normalized spacial score (nSPS) is 19.7. The van der Waals surface area contributed by atoms with E-state index in [1.807, 2.05) is 0 Å². The van der Waals surface area contributed by atoms with E-state index < -0.39 is 45.1 Å². The first-order chi connectivity index (χ1) is 9.19.